The molecule has 0 spiro atoms. The Balaban J connectivity index is 2.04. The number of aryl methyl sites for hydroxylation is 1. The van der Waals surface area contributed by atoms with Crippen molar-refractivity contribution < 1.29 is 4.79 Å². The predicted octanol–water partition coefficient (Wildman–Crippen LogP) is 3.15. The molecule has 2 amide bonds. The lowest BCUT2D eigenvalue weighted by Crippen LogP contribution is -2.44. The van der Waals surface area contributed by atoms with Crippen molar-refractivity contribution in [3.8, 4) is 0 Å². The molecule has 0 aliphatic carbocycles. The quantitative estimate of drug-likeness (QED) is 0.929. The second-order valence-electron chi connectivity index (χ2n) is 7.08. The van der Waals surface area contributed by atoms with E-state index in [1.165, 1.54) is 0 Å². The fourth-order valence-electron chi connectivity index (χ4n) is 2.60. The number of carbonyl (C=O) groups is 1. The highest BCUT2D eigenvalue weighted by molar-refractivity contribution is 7.99. The van der Waals surface area contributed by atoms with Crippen LogP contribution in [0.3, 0.4) is 0 Å². The maximum Gasteiger partial charge on any atom is 0.317 e. The molecule has 0 aromatic carbocycles. The van der Waals surface area contributed by atoms with Gasteiger partial charge in [0.1, 0.15) is 0 Å². The molecular formula is C16H28N4OS. The predicted molar refractivity (Wildman–Crippen MR) is 92.4 cm³/mol. The first-order valence-corrected chi connectivity index (χ1v) is 9.03. The van der Waals surface area contributed by atoms with Crippen LogP contribution in [-0.2, 0) is 5.54 Å². The molecule has 0 bridgehead atoms. The molecule has 22 heavy (non-hydrogen) atoms. The van der Waals surface area contributed by atoms with Crippen LogP contribution >= 0.6 is 11.8 Å². The highest BCUT2D eigenvalue weighted by Crippen LogP contribution is 2.23. The van der Waals surface area contributed by atoms with E-state index in [2.05, 4.69) is 31.2 Å². The number of nitrogens with one attached hydrogen (secondary N) is 1. The summed E-state index contributed by atoms with van der Waals surface area (Å²) in [7, 11) is 1.89. The second kappa shape index (κ2) is 6.52. The smallest absolute Gasteiger partial charge is 0.317 e. The molecule has 2 unspecified atom stereocenters. The number of aromatic nitrogens is 2. The highest BCUT2D eigenvalue weighted by Gasteiger charge is 2.26. The van der Waals surface area contributed by atoms with E-state index in [4.69, 9.17) is 0 Å². The lowest BCUT2D eigenvalue weighted by atomic mass is 10.1. The summed E-state index contributed by atoms with van der Waals surface area (Å²) in [6.45, 7) is 10.4. The monoisotopic (exact) mass is 324 g/mol. The van der Waals surface area contributed by atoms with Crippen LogP contribution in [0.5, 0.6) is 0 Å². The van der Waals surface area contributed by atoms with Crippen molar-refractivity contribution in [1.29, 1.82) is 0 Å². The first-order chi connectivity index (χ1) is 10.2. The summed E-state index contributed by atoms with van der Waals surface area (Å²) >= 11 is 1.92. The molecule has 1 aromatic heterocycles. The van der Waals surface area contributed by atoms with Crippen LogP contribution in [0.2, 0.25) is 0 Å². The van der Waals surface area contributed by atoms with Gasteiger partial charge in [-0.2, -0.15) is 16.9 Å². The third kappa shape index (κ3) is 3.77. The zero-order chi connectivity index (χ0) is 16.5. The normalized spacial score (nSPS) is 20.0. The van der Waals surface area contributed by atoms with Gasteiger partial charge in [-0.15, -0.1) is 0 Å². The molecule has 2 atom stereocenters. The Morgan fingerprint density at radius 3 is 2.73 bits per heavy atom. The van der Waals surface area contributed by atoms with E-state index in [1.807, 2.05) is 48.4 Å². The van der Waals surface area contributed by atoms with Crippen molar-refractivity contribution >= 4 is 17.8 Å². The topological polar surface area (TPSA) is 50.2 Å². The minimum atomic E-state index is -0.0510. The molecule has 0 radical (unpaired) electrons. The van der Waals surface area contributed by atoms with Gasteiger partial charge in [-0.25, -0.2) is 4.79 Å². The van der Waals surface area contributed by atoms with Gasteiger partial charge in [-0.1, -0.05) is 0 Å². The summed E-state index contributed by atoms with van der Waals surface area (Å²) in [5.74, 6) is 2.19. The van der Waals surface area contributed by atoms with Crippen LogP contribution in [0.25, 0.3) is 0 Å². The van der Waals surface area contributed by atoms with E-state index in [0.717, 1.165) is 29.2 Å². The standard InChI is InChI=1S/C16H28N4OS/c1-11(14-9-20(16(3,4)5)18-12(14)2)17-15(21)19(6)13-7-8-22-10-13/h9,11,13H,7-8,10H2,1-6H3,(H,17,21). The third-order valence-corrected chi connectivity index (χ3v) is 5.35. The zero-order valence-electron chi connectivity index (χ0n) is 14.5. The summed E-state index contributed by atoms with van der Waals surface area (Å²) in [5.41, 5.74) is 2.00. The minimum Gasteiger partial charge on any atom is -0.331 e. The molecule has 1 aliphatic heterocycles. The van der Waals surface area contributed by atoms with Crippen molar-refractivity contribution in [2.45, 2.75) is 58.7 Å². The molecule has 1 aliphatic rings. The van der Waals surface area contributed by atoms with Gasteiger partial charge in [0.2, 0.25) is 0 Å². The Bertz CT molecular complexity index is 529. The lowest BCUT2D eigenvalue weighted by Gasteiger charge is -2.26. The summed E-state index contributed by atoms with van der Waals surface area (Å²) in [4.78, 5) is 14.3. The van der Waals surface area contributed by atoms with E-state index < -0.39 is 0 Å². The Kier molecular flexibility index (Phi) is 5.10. The van der Waals surface area contributed by atoms with Gasteiger partial charge in [-0.05, 0) is 46.8 Å². The number of hydrogen-bond donors (Lipinski definition) is 1. The Morgan fingerprint density at radius 1 is 1.55 bits per heavy atom. The maximum absolute atomic E-state index is 12.4. The van der Waals surface area contributed by atoms with E-state index in [-0.39, 0.29) is 17.6 Å². The molecule has 1 saturated heterocycles. The van der Waals surface area contributed by atoms with E-state index in [1.54, 1.807) is 0 Å². The maximum atomic E-state index is 12.4. The first kappa shape index (κ1) is 17.2. The highest BCUT2D eigenvalue weighted by atomic mass is 32.2. The van der Waals surface area contributed by atoms with Gasteiger partial charge in [0.05, 0.1) is 17.3 Å². The van der Waals surface area contributed by atoms with Crippen molar-refractivity contribution in [3.05, 3.63) is 17.5 Å². The number of nitrogens with zero attached hydrogens (tertiary/aromatic N) is 3. The molecule has 2 rings (SSSR count). The van der Waals surface area contributed by atoms with Crippen molar-refractivity contribution in [3.63, 3.8) is 0 Å². The number of carbonyl (C=O) groups excluding carboxylic acids is 1. The first-order valence-electron chi connectivity index (χ1n) is 7.88. The molecule has 2 heterocycles. The molecule has 1 fully saturated rings. The number of urea groups is 1. The van der Waals surface area contributed by atoms with Crippen LogP contribution in [0.15, 0.2) is 6.20 Å². The number of amides is 2. The van der Waals surface area contributed by atoms with Gasteiger partial charge in [0.15, 0.2) is 0 Å². The van der Waals surface area contributed by atoms with Crippen LogP contribution in [0, 0.1) is 6.92 Å². The molecule has 6 heteroatoms. The van der Waals surface area contributed by atoms with Gasteiger partial charge < -0.3 is 10.2 Å². The van der Waals surface area contributed by atoms with E-state index >= 15 is 0 Å². The summed E-state index contributed by atoms with van der Waals surface area (Å²) in [5, 5.41) is 7.68. The minimum absolute atomic E-state index is 0.00269. The number of rotatable bonds is 3. The molecule has 5 nitrogen and oxygen atoms in total. The van der Waals surface area contributed by atoms with Gasteiger partial charge >= 0.3 is 6.03 Å². The fraction of sp³-hybridized carbons (Fsp3) is 0.750. The SMILES string of the molecule is Cc1nn(C(C)(C)C)cc1C(C)NC(=O)N(C)C1CCSC1. The van der Waals surface area contributed by atoms with Gasteiger partial charge in [0, 0.05) is 30.6 Å². The molecular weight excluding hydrogens is 296 g/mol. The van der Waals surface area contributed by atoms with Gasteiger partial charge in [0.25, 0.3) is 0 Å². The van der Waals surface area contributed by atoms with Crippen LogP contribution in [-0.4, -0.2) is 45.3 Å². The van der Waals surface area contributed by atoms with Crippen LogP contribution < -0.4 is 5.32 Å². The molecule has 1 aromatic rings. The van der Waals surface area contributed by atoms with Crippen LogP contribution in [0.4, 0.5) is 4.79 Å². The Hall–Kier alpha value is -1.17. The fourth-order valence-corrected chi connectivity index (χ4v) is 3.87. The van der Waals surface area contributed by atoms with Crippen molar-refractivity contribution in [2.75, 3.05) is 18.6 Å². The number of hydrogen-bond acceptors (Lipinski definition) is 3. The third-order valence-electron chi connectivity index (χ3n) is 4.20. The zero-order valence-corrected chi connectivity index (χ0v) is 15.3. The summed E-state index contributed by atoms with van der Waals surface area (Å²) in [6, 6.07) is 0.318. The van der Waals surface area contributed by atoms with Crippen molar-refractivity contribution in [2.24, 2.45) is 0 Å². The molecule has 124 valence electrons. The Morgan fingerprint density at radius 2 is 2.23 bits per heavy atom. The number of thioether (sulfide) groups is 1. The van der Waals surface area contributed by atoms with Crippen LogP contribution in [0.1, 0.15) is 51.4 Å². The molecule has 1 N–H and O–H groups in total. The molecule has 0 saturated carbocycles. The summed E-state index contributed by atoms with van der Waals surface area (Å²) < 4.78 is 1.97. The second-order valence-corrected chi connectivity index (χ2v) is 8.23. The largest absolute Gasteiger partial charge is 0.331 e. The average molecular weight is 324 g/mol. The van der Waals surface area contributed by atoms with E-state index in [9.17, 15) is 4.79 Å². The lowest BCUT2D eigenvalue weighted by molar-refractivity contribution is 0.192. The average Bonchev–Trinajstić information content (AvgIpc) is 3.05. The van der Waals surface area contributed by atoms with Gasteiger partial charge in [-0.3, -0.25) is 4.68 Å². The Labute approximate surface area is 137 Å². The van der Waals surface area contributed by atoms with Crippen molar-refractivity contribution in [1.82, 2.24) is 20.0 Å². The van der Waals surface area contributed by atoms with E-state index in [0.29, 0.717) is 6.04 Å². The summed E-state index contributed by atoms with van der Waals surface area (Å²) in [6.07, 6.45) is 3.13.